The number of aromatic hydroxyl groups is 2. The number of phenolic OH excluding ortho intramolecular Hbond substituents is 2. The summed E-state index contributed by atoms with van der Waals surface area (Å²) in [5.41, 5.74) is 0.644. The lowest BCUT2D eigenvalue weighted by Gasteiger charge is -2.13. The first kappa shape index (κ1) is 20.4. The van der Waals surface area contributed by atoms with Crippen LogP contribution in [0.15, 0.2) is 38.5 Å². The molecule has 2 N–H and O–H groups in total. The molecule has 1 fully saturated rings. The third-order valence-electron chi connectivity index (χ3n) is 4.30. The van der Waals surface area contributed by atoms with Crippen LogP contribution in [0.5, 0.6) is 11.5 Å². The normalized spacial score (nSPS) is 15.1. The van der Waals surface area contributed by atoms with Crippen molar-refractivity contribution < 1.29 is 27.0 Å². The first-order chi connectivity index (χ1) is 12.4. The predicted molar refractivity (Wildman–Crippen MR) is 105 cm³/mol. The van der Waals surface area contributed by atoms with Gasteiger partial charge in [-0.2, -0.15) is 0 Å². The molecule has 0 unspecified atom stereocenters. The molecule has 10 heteroatoms. The summed E-state index contributed by atoms with van der Waals surface area (Å²) >= 11 is 8.97. The van der Waals surface area contributed by atoms with Gasteiger partial charge in [-0.25, -0.2) is 16.8 Å². The van der Waals surface area contributed by atoms with E-state index in [9.17, 15) is 27.0 Å². The van der Waals surface area contributed by atoms with E-state index >= 15 is 0 Å². The van der Waals surface area contributed by atoms with E-state index in [0.717, 1.165) is 19.1 Å². The lowest BCUT2D eigenvalue weighted by molar-refractivity contribution is 0.451. The molecule has 0 radical (unpaired) electrons. The maximum atomic E-state index is 12.8. The van der Waals surface area contributed by atoms with Crippen LogP contribution in [-0.4, -0.2) is 33.3 Å². The fraction of sp³-hybridized carbons (Fsp3) is 0.294. The number of halogens is 2. The number of benzene rings is 2. The van der Waals surface area contributed by atoms with Crippen LogP contribution in [0.3, 0.4) is 0 Å². The van der Waals surface area contributed by atoms with E-state index in [1.807, 2.05) is 0 Å². The minimum Gasteiger partial charge on any atom is -0.506 e. The van der Waals surface area contributed by atoms with Gasteiger partial charge in [0.25, 0.3) is 0 Å². The average Bonchev–Trinajstić information content (AvgIpc) is 3.36. The second-order valence-corrected chi connectivity index (χ2v) is 11.8. The summed E-state index contributed by atoms with van der Waals surface area (Å²) in [7, 11) is -7.86. The third-order valence-corrected chi connectivity index (χ3v) is 7.83. The Kier molecular flexibility index (Phi) is 5.26. The van der Waals surface area contributed by atoms with Gasteiger partial charge in [-0.3, -0.25) is 0 Å². The maximum Gasteiger partial charge on any atom is 0.186 e. The topological polar surface area (TPSA) is 109 Å². The van der Waals surface area contributed by atoms with Crippen LogP contribution in [0, 0.1) is 0 Å². The summed E-state index contributed by atoms with van der Waals surface area (Å²) in [6.45, 7) is 0. The minimum absolute atomic E-state index is 0.0321. The van der Waals surface area contributed by atoms with Gasteiger partial charge in [-0.15, -0.1) is 0 Å². The molecule has 0 heterocycles. The molecule has 0 saturated heterocycles. The zero-order valence-corrected chi connectivity index (χ0v) is 18.1. The van der Waals surface area contributed by atoms with Crippen molar-refractivity contribution in [1.82, 2.24) is 0 Å². The monoisotopic (exact) mass is 494 g/mol. The summed E-state index contributed by atoms with van der Waals surface area (Å²) < 4.78 is 50.0. The molecule has 0 aromatic heterocycles. The van der Waals surface area contributed by atoms with Crippen molar-refractivity contribution in [3.05, 3.63) is 44.9 Å². The van der Waals surface area contributed by atoms with Crippen molar-refractivity contribution in [2.24, 2.45) is 0 Å². The van der Waals surface area contributed by atoms with E-state index in [-0.39, 0.29) is 21.4 Å². The Bertz CT molecular complexity index is 1140. The molecule has 146 valence electrons. The summed E-state index contributed by atoms with van der Waals surface area (Å²) in [6, 6.07) is 5.46. The molecule has 1 aliphatic carbocycles. The third kappa shape index (κ3) is 4.26. The Hall–Kier alpha value is -1.29. The molecule has 2 aromatic rings. The number of hydrogen-bond acceptors (Lipinski definition) is 6. The Morgan fingerprint density at radius 3 is 2.22 bits per heavy atom. The number of sulfone groups is 2. The summed E-state index contributed by atoms with van der Waals surface area (Å²) in [5.74, 6) is -1.71. The average molecular weight is 496 g/mol. The van der Waals surface area contributed by atoms with Gasteiger partial charge < -0.3 is 10.2 Å². The van der Waals surface area contributed by atoms with Gasteiger partial charge in [-0.05, 0) is 42.5 Å². The molecule has 1 saturated carbocycles. The molecule has 3 rings (SSSR count). The van der Waals surface area contributed by atoms with Crippen LogP contribution in [0.2, 0.25) is 5.02 Å². The predicted octanol–water partition coefficient (Wildman–Crippen LogP) is 3.77. The number of rotatable bonds is 5. The van der Waals surface area contributed by atoms with E-state index in [4.69, 9.17) is 11.6 Å². The molecule has 6 nitrogen and oxygen atoms in total. The SMILES string of the molecule is CS(=O)(=O)c1cc(C2CC2)cc(CS(=O)(=O)c2cc(Br)cc(Cl)c2O)c1O. The lowest BCUT2D eigenvalue weighted by Crippen LogP contribution is -2.08. The highest BCUT2D eigenvalue weighted by Crippen LogP contribution is 2.44. The highest BCUT2D eigenvalue weighted by Gasteiger charge is 2.30. The lowest BCUT2D eigenvalue weighted by atomic mass is 10.1. The van der Waals surface area contributed by atoms with Crippen molar-refractivity contribution in [3.63, 3.8) is 0 Å². The zero-order chi connectivity index (χ0) is 20.1. The molecule has 0 atom stereocenters. The standard InChI is InChI=1S/C17H16BrClO6S2/c1-26(22,23)14-5-10(9-2-3-9)4-11(16(14)20)8-27(24,25)15-7-12(18)6-13(19)17(15)21/h4-7,9,20-21H,2-3,8H2,1H3. The molecule has 27 heavy (non-hydrogen) atoms. The van der Waals surface area contributed by atoms with Gasteiger partial charge in [0.15, 0.2) is 25.4 Å². The molecule has 0 spiro atoms. The first-order valence-corrected chi connectivity index (χ1v) is 12.6. The molecular formula is C17H16BrClO6S2. The fourth-order valence-electron chi connectivity index (χ4n) is 2.80. The van der Waals surface area contributed by atoms with Crippen molar-refractivity contribution in [3.8, 4) is 11.5 Å². The summed E-state index contributed by atoms with van der Waals surface area (Å²) in [6.07, 6.45) is 2.71. The van der Waals surface area contributed by atoms with Crippen LogP contribution in [-0.2, 0) is 25.4 Å². The zero-order valence-electron chi connectivity index (χ0n) is 14.1. The van der Waals surface area contributed by atoms with Crippen LogP contribution < -0.4 is 0 Å². The van der Waals surface area contributed by atoms with Gasteiger partial charge in [-0.1, -0.05) is 33.6 Å². The summed E-state index contributed by atoms with van der Waals surface area (Å²) in [4.78, 5) is -0.701. The molecule has 1 aliphatic rings. The van der Waals surface area contributed by atoms with Gasteiger partial charge >= 0.3 is 0 Å². The van der Waals surface area contributed by atoms with Gasteiger partial charge in [0, 0.05) is 16.3 Å². The first-order valence-electron chi connectivity index (χ1n) is 7.87. The molecule has 0 bridgehead atoms. The van der Waals surface area contributed by atoms with E-state index in [1.165, 1.54) is 24.3 Å². The Balaban J connectivity index is 2.14. The Labute approximate surface area is 170 Å². The second kappa shape index (κ2) is 6.95. The van der Waals surface area contributed by atoms with E-state index in [2.05, 4.69) is 15.9 Å². The quantitative estimate of drug-likeness (QED) is 0.653. The number of hydrogen-bond donors (Lipinski definition) is 2. The number of phenols is 2. The Morgan fingerprint density at radius 2 is 1.67 bits per heavy atom. The second-order valence-electron chi connectivity index (χ2n) is 6.57. The van der Waals surface area contributed by atoms with Gasteiger partial charge in [0.2, 0.25) is 0 Å². The summed E-state index contributed by atoms with van der Waals surface area (Å²) in [5, 5.41) is 20.3. The molecule has 0 amide bonds. The van der Waals surface area contributed by atoms with Gasteiger partial charge in [0.1, 0.15) is 15.5 Å². The van der Waals surface area contributed by atoms with E-state index < -0.39 is 41.8 Å². The minimum atomic E-state index is -4.12. The Morgan fingerprint density at radius 1 is 1.04 bits per heavy atom. The van der Waals surface area contributed by atoms with Crippen molar-refractivity contribution in [2.45, 2.75) is 34.3 Å². The van der Waals surface area contributed by atoms with Crippen LogP contribution in [0.1, 0.15) is 29.9 Å². The molecule has 0 aliphatic heterocycles. The van der Waals surface area contributed by atoms with Crippen molar-refractivity contribution in [2.75, 3.05) is 6.26 Å². The highest BCUT2D eigenvalue weighted by molar-refractivity contribution is 9.10. The highest BCUT2D eigenvalue weighted by atomic mass is 79.9. The van der Waals surface area contributed by atoms with Crippen LogP contribution in [0.4, 0.5) is 0 Å². The van der Waals surface area contributed by atoms with Crippen LogP contribution >= 0.6 is 27.5 Å². The maximum absolute atomic E-state index is 12.8. The van der Waals surface area contributed by atoms with Crippen LogP contribution in [0.25, 0.3) is 0 Å². The molecular weight excluding hydrogens is 480 g/mol. The fourth-order valence-corrected chi connectivity index (χ4v) is 6.14. The van der Waals surface area contributed by atoms with Crippen molar-refractivity contribution in [1.29, 1.82) is 0 Å². The van der Waals surface area contributed by atoms with E-state index in [1.54, 1.807) is 0 Å². The van der Waals surface area contributed by atoms with Gasteiger partial charge in [0.05, 0.1) is 10.8 Å². The van der Waals surface area contributed by atoms with Crippen molar-refractivity contribution >= 4 is 47.2 Å². The largest absolute Gasteiger partial charge is 0.506 e. The van der Waals surface area contributed by atoms with E-state index in [0.29, 0.717) is 10.0 Å². The smallest absolute Gasteiger partial charge is 0.186 e. The molecule has 2 aromatic carbocycles.